The first-order valence-corrected chi connectivity index (χ1v) is 8.73. The molecule has 0 aliphatic heterocycles. The van der Waals surface area contributed by atoms with E-state index < -0.39 is 0 Å². The molecule has 1 amide bonds. The fraction of sp³-hybridized carbons (Fsp3) is 0.182. The number of carbonyl (C=O) groups excluding carboxylic acids is 1. The van der Waals surface area contributed by atoms with Crippen LogP contribution in [0, 0.1) is 13.8 Å². The summed E-state index contributed by atoms with van der Waals surface area (Å²) in [5.41, 5.74) is 4.23. The van der Waals surface area contributed by atoms with Crippen molar-refractivity contribution >= 4 is 17.3 Å². The van der Waals surface area contributed by atoms with Crippen LogP contribution in [0.3, 0.4) is 0 Å². The number of pyridine rings is 1. The molecule has 1 aromatic heterocycles. The van der Waals surface area contributed by atoms with E-state index in [0.717, 1.165) is 22.6 Å². The van der Waals surface area contributed by atoms with Gasteiger partial charge in [0.05, 0.1) is 0 Å². The summed E-state index contributed by atoms with van der Waals surface area (Å²) in [6.45, 7) is 4.03. The lowest BCUT2D eigenvalue weighted by atomic mass is 10.1. The molecule has 0 radical (unpaired) electrons. The molecule has 3 aromatic rings. The maximum atomic E-state index is 12.7. The predicted octanol–water partition coefficient (Wildman–Crippen LogP) is 4.81. The lowest BCUT2D eigenvalue weighted by molar-refractivity contribution is 0.102. The summed E-state index contributed by atoms with van der Waals surface area (Å²) in [6.07, 6.45) is 1.64. The summed E-state index contributed by atoms with van der Waals surface area (Å²) >= 11 is 0. The van der Waals surface area contributed by atoms with E-state index in [1.54, 1.807) is 24.4 Å². The number of hydrogen-bond donors (Lipinski definition) is 1. The number of aryl methyl sites for hydroxylation is 1. The molecule has 0 atom stereocenters. The van der Waals surface area contributed by atoms with E-state index in [9.17, 15) is 4.79 Å². The Morgan fingerprint density at radius 1 is 1.04 bits per heavy atom. The Hall–Kier alpha value is -3.34. The Morgan fingerprint density at radius 3 is 2.59 bits per heavy atom. The Bertz CT molecular complexity index is 967. The van der Waals surface area contributed by atoms with Crippen LogP contribution >= 0.6 is 0 Å². The third kappa shape index (κ3) is 4.26. The molecule has 0 spiro atoms. The fourth-order valence-corrected chi connectivity index (χ4v) is 2.63. The van der Waals surface area contributed by atoms with Gasteiger partial charge in [-0.1, -0.05) is 18.2 Å². The number of anilines is 2. The molecule has 5 nitrogen and oxygen atoms in total. The molecular formula is C22H23N3O2. The first-order valence-electron chi connectivity index (χ1n) is 8.73. The summed E-state index contributed by atoms with van der Waals surface area (Å²) in [4.78, 5) is 18.9. The zero-order valence-electron chi connectivity index (χ0n) is 16.0. The third-order valence-electron chi connectivity index (χ3n) is 4.41. The molecule has 3 rings (SSSR count). The topological polar surface area (TPSA) is 54.5 Å². The zero-order chi connectivity index (χ0) is 19.4. The van der Waals surface area contributed by atoms with Crippen molar-refractivity contribution in [1.29, 1.82) is 0 Å². The van der Waals surface area contributed by atoms with Crippen LogP contribution in [-0.2, 0) is 0 Å². The summed E-state index contributed by atoms with van der Waals surface area (Å²) in [6, 6.07) is 16.8. The number of benzene rings is 2. The number of amides is 1. The molecule has 0 saturated heterocycles. The highest BCUT2D eigenvalue weighted by atomic mass is 16.5. The highest BCUT2D eigenvalue weighted by Gasteiger charge is 2.13. The van der Waals surface area contributed by atoms with E-state index >= 15 is 0 Å². The average Bonchev–Trinajstić information content (AvgIpc) is 2.67. The van der Waals surface area contributed by atoms with Crippen LogP contribution in [0.15, 0.2) is 60.8 Å². The van der Waals surface area contributed by atoms with Crippen molar-refractivity contribution in [2.45, 2.75) is 13.8 Å². The van der Waals surface area contributed by atoms with Crippen molar-refractivity contribution < 1.29 is 9.53 Å². The largest absolute Gasteiger partial charge is 0.437 e. The van der Waals surface area contributed by atoms with Crippen LogP contribution in [0.1, 0.15) is 21.5 Å². The van der Waals surface area contributed by atoms with Crippen molar-refractivity contribution in [3.63, 3.8) is 0 Å². The van der Waals surface area contributed by atoms with Crippen LogP contribution in [0.25, 0.3) is 0 Å². The molecule has 1 heterocycles. The predicted molar refractivity (Wildman–Crippen MR) is 109 cm³/mol. The van der Waals surface area contributed by atoms with Gasteiger partial charge in [0, 0.05) is 31.5 Å². The van der Waals surface area contributed by atoms with E-state index in [1.165, 1.54) is 0 Å². The maximum absolute atomic E-state index is 12.7. The number of carbonyl (C=O) groups is 1. The number of ether oxygens (including phenoxy) is 1. The first kappa shape index (κ1) is 18.5. The molecule has 0 aliphatic rings. The second-order valence-electron chi connectivity index (χ2n) is 6.56. The molecule has 0 bridgehead atoms. The van der Waals surface area contributed by atoms with E-state index in [-0.39, 0.29) is 5.91 Å². The monoisotopic (exact) mass is 361 g/mol. The van der Waals surface area contributed by atoms with E-state index in [2.05, 4.69) is 10.3 Å². The number of nitrogens with zero attached hydrogens (tertiary/aromatic N) is 2. The molecule has 5 heteroatoms. The normalized spacial score (nSPS) is 10.4. The lowest BCUT2D eigenvalue weighted by Gasteiger charge is -2.15. The number of rotatable bonds is 5. The second kappa shape index (κ2) is 7.91. The summed E-state index contributed by atoms with van der Waals surface area (Å²) in [7, 11) is 3.88. The third-order valence-corrected chi connectivity index (χ3v) is 4.41. The van der Waals surface area contributed by atoms with Crippen LogP contribution in [-0.4, -0.2) is 25.0 Å². The minimum Gasteiger partial charge on any atom is -0.437 e. The molecule has 0 aliphatic carbocycles. The van der Waals surface area contributed by atoms with Gasteiger partial charge in [-0.05, 0) is 61.4 Å². The molecule has 0 unspecified atom stereocenters. The van der Waals surface area contributed by atoms with E-state index in [0.29, 0.717) is 17.1 Å². The highest BCUT2D eigenvalue weighted by Crippen LogP contribution is 2.30. The van der Waals surface area contributed by atoms with Gasteiger partial charge in [-0.25, -0.2) is 4.98 Å². The van der Waals surface area contributed by atoms with Crippen molar-refractivity contribution in [2.75, 3.05) is 24.3 Å². The van der Waals surface area contributed by atoms with Crippen LogP contribution in [0.4, 0.5) is 11.4 Å². The first-order chi connectivity index (χ1) is 13.0. The van der Waals surface area contributed by atoms with Gasteiger partial charge in [0.1, 0.15) is 11.4 Å². The molecule has 1 N–H and O–H groups in total. The smallest absolute Gasteiger partial charge is 0.255 e. The van der Waals surface area contributed by atoms with E-state index in [4.69, 9.17) is 4.74 Å². The minimum atomic E-state index is -0.211. The Labute approximate surface area is 159 Å². The summed E-state index contributed by atoms with van der Waals surface area (Å²) in [5.74, 6) is 0.875. The van der Waals surface area contributed by atoms with Crippen molar-refractivity contribution in [3.8, 4) is 11.6 Å². The minimum absolute atomic E-state index is 0.211. The molecule has 2 aromatic carbocycles. The molecular weight excluding hydrogens is 338 g/mol. The lowest BCUT2D eigenvalue weighted by Crippen LogP contribution is -2.15. The quantitative estimate of drug-likeness (QED) is 0.709. The highest BCUT2D eigenvalue weighted by molar-refractivity contribution is 6.05. The van der Waals surface area contributed by atoms with Crippen molar-refractivity contribution in [1.82, 2.24) is 4.98 Å². The molecule has 0 saturated carbocycles. The Morgan fingerprint density at radius 2 is 1.81 bits per heavy atom. The maximum Gasteiger partial charge on any atom is 0.255 e. The Balaban J connectivity index is 1.85. The van der Waals surface area contributed by atoms with Gasteiger partial charge in [-0.2, -0.15) is 0 Å². The van der Waals surface area contributed by atoms with Crippen LogP contribution < -0.4 is 15.0 Å². The van der Waals surface area contributed by atoms with Crippen molar-refractivity contribution in [3.05, 3.63) is 77.5 Å². The summed E-state index contributed by atoms with van der Waals surface area (Å²) in [5, 5.41) is 2.90. The second-order valence-corrected chi connectivity index (χ2v) is 6.56. The van der Waals surface area contributed by atoms with E-state index in [1.807, 2.05) is 69.2 Å². The number of aromatic nitrogens is 1. The van der Waals surface area contributed by atoms with Gasteiger partial charge < -0.3 is 15.0 Å². The summed E-state index contributed by atoms with van der Waals surface area (Å²) < 4.78 is 5.99. The van der Waals surface area contributed by atoms with Crippen LogP contribution in [0.2, 0.25) is 0 Å². The molecule has 0 fully saturated rings. The standard InChI is InChI=1S/C22H23N3O2/c1-15-8-5-12-20(16(15)2)27-22-19(11-7-13-23-22)24-21(26)17-9-6-10-18(14-17)25(3)4/h5-14H,1-4H3,(H,24,26). The molecule has 138 valence electrons. The van der Waals surface area contributed by atoms with Gasteiger partial charge in [-0.15, -0.1) is 0 Å². The molecule has 27 heavy (non-hydrogen) atoms. The van der Waals surface area contributed by atoms with Gasteiger partial charge in [0.2, 0.25) is 5.88 Å². The van der Waals surface area contributed by atoms with Gasteiger partial charge in [0.25, 0.3) is 5.91 Å². The fourth-order valence-electron chi connectivity index (χ4n) is 2.63. The number of hydrogen-bond acceptors (Lipinski definition) is 4. The van der Waals surface area contributed by atoms with Crippen LogP contribution in [0.5, 0.6) is 11.6 Å². The van der Waals surface area contributed by atoms with Gasteiger partial charge in [-0.3, -0.25) is 4.79 Å². The SMILES string of the molecule is Cc1cccc(Oc2ncccc2NC(=O)c2cccc(N(C)C)c2)c1C. The number of nitrogens with one attached hydrogen (secondary N) is 1. The zero-order valence-corrected chi connectivity index (χ0v) is 16.0. The van der Waals surface area contributed by atoms with Gasteiger partial charge >= 0.3 is 0 Å². The Kier molecular flexibility index (Phi) is 5.41. The van der Waals surface area contributed by atoms with Gasteiger partial charge in [0.15, 0.2) is 0 Å². The average molecular weight is 361 g/mol. The van der Waals surface area contributed by atoms with Crippen molar-refractivity contribution in [2.24, 2.45) is 0 Å².